The van der Waals surface area contributed by atoms with E-state index in [1.54, 1.807) is 0 Å². The van der Waals surface area contributed by atoms with Crippen LogP contribution in [0.1, 0.15) is 219 Å². The van der Waals surface area contributed by atoms with Crippen molar-refractivity contribution in [1.82, 2.24) is 0 Å². The fourth-order valence-electron chi connectivity index (χ4n) is 5.95. The third kappa shape index (κ3) is 51.5. The van der Waals surface area contributed by atoms with Gasteiger partial charge in [0, 0.05) is 11.9 Å². The molecule has 0 heterocycles. The van der Waals surface area contributed by atoms with Gasteiger partial charge in [0.2, 0.25) is 0 Å². The van der Waals surface area contributed by atoms with Crippen molar-refractivity contribution in [1.29, 1.82) is 0 Å². The zero-order chi connectivity index (χ0) is 39.5. The second-order valence-electron chi connectivity index (χ2n) is 14.6. The van der Waals surface area contributed by atoms with Crippen LogP contribution in [-0.2, 0) is 9.59 Å². The zero-order valence-corrected chi connectivity index (χ0v) is 35.8. The standard InChI is InChI=1S/2C18H36O2.C6H14O6.Mg/c2*1-2-3-4-5-6-7-8-9-10-11-12-13-14-15-16-17-18(19)20;7-1-3(9)5(11)6(12)4(10)2-8;/h2*2-17H2,1H3,(H,19,20);3-12H,1-2H2;/q;;;+2/p-2/t;;3-,4-,5-,6-;/m..1./s1. The van der Waals surface area contributed by atoms with Crippen molar-refractivity contribution in [2.45, 2.75) is 244 Å². The van der Waals surface area contributed by atoms with E-state index < -0.39 is 49.6 Å². The van der Waals surface area contributed by atoms with Gasteiger partial charge in [0.25, 0.3) is 0 Å². The van der Waals surface area contributed by atoms with Gasteiger partial charge in [-0.1, -0.05) is 194 Å². The van der Waals surface area contributed by atoms with Crippen LogP contribution in [0.4, 0.5) is 0 Å². The first kappa shape index (κ1) is 59.2. The summed E-state index contributed by atoms with van der Waals surface area (Å²) in [5.41, 5.74) is 0. The van der Waals surface area contributed by atoms with Crippen LogP contribution in [0.25, 0.3) is 0 Å². The molecule has 53 heavy (non-hydrogen) atoms. The molecule has 4 atom stereocenters. The van der Waals surface area contributed by atoms with E-state index in [1.807, 2.05) is 0 Å². The van der Waals surface area contributed by atoms with Gasteiger partial charge in [-0.05, 0) is 25.7 Å². The average Bonchev–Trinajstić information content (AvgIpc) is 3.13. The predicted molar refractivity (Wildman–Crippen MR) is 213 cm³/mol. The maximum atomic E-state index is 10.2. The molecular weight excluding hydrogens is 689 g/mol. The first-order valence-electron chi connectivity index (χ1n) is 21.4. The van der Waals surface area contributed by atoms with Gasteiger partial charge in [0.1, 0.15) is 24.4 Å². The zero-order valence-electron chi connectivity index (χ0n) is 34.4. The Bertz CT molecular complexity index is 657. The molecule has 0 spiro atoms. The first-order chi connectivity index (χ1) is 25.1. The number of rotatable bonds is 37. The van der Waals surface area contributed by atoms with Gasteiger partial charge in [0.05, 0.1) is 13.2 Å². The second-order valence-corrected chi connectivity index (χ2v) is 14.6. The Morgan fingerprint density at radius 1 is 0.377 bits per heavy atom. The molecule has 0 aliphatic heterocycles. The van der Waals surface area contributed by atoms with E-state index in [4.69, 9.17) is 30.6 Å². The number of hydrogen-bond acceptors (Lipinski definition) is 10. The summed E-state index contributed by atoms with van der Waals surface area (Å²) < 4.78 is 0. The van der Waals surface area contributed by atoms with Crippen LogP contribution >= 0.6 is 0 Å². The van der Waals surface area contributed by atoms with E-state index >= 15 is 0 Å². The molecule has 6 N–H and O–H groups in total. The van der Waals surface area contributed by atoms with E-state index in [1.165, 1.54) is 167 Å². The molecule has 11 heteroatoms. The van der Waals surface area contributed by atoms with Crippen LogP contribution in [0.15, 0.2) is 0 Å². The number of aliphatic hydroxyl groups is 6. The van der Waals surface area contributed by atoms with Gasteiger partial charge in [-0.2, -0.15) is 0 Å². The molecule has 10 nitrogen and oxygen atoms in total. The Morgan fingerprint density at radius 3 is 0.698 bits per heavy atom. The molecule has 0 aromatic carbocycles. The molecule has 0 bridgehead atoms. The summed E-state index contributed by atoms with van der Waals surface area (Å²) in [7, 11) is 0. The minimum absolute atomic E-state index is 0. The fraction of sp³-hybridized carbons (Fsp3) is 0.952. The fourth-order valence-corrected chi connectivity index (χ4v) is 5.95. The van der Waals surface area contributed by atoms with Crippen molar-refractivity contribution in [3.05, 3.63) is 0 Å². The van der Waals surface area contributed by atoms with Crippen molar-refractivity contribution in [2.75, 3.05) is 13.2 Å². The Labute approximate surface area is 341 Å². The maximum absolute atomic E-state index is 10.2. The molecule has 0 rings (SSSR count). The summed E-state index contributed by atoms with van der Waals surface area (Å²) in [6.45, 7) is 3.08. The van der Waals surface area contributed by atoms with Crippen LogP contribution in [0, 0.1) is 0 Å². The number of unbranched alkanes of at least 4 members (excludes halogenated alkanes) is 28. The summed E-state index contributed by atoms with van der Waals surface area (Å²) >= 11 is 0. The molecule has 0 aromatic rings. The summed E-state index contributed by atoms with van der Waals surface area (Å²) in [6.07, 6.45) is 33.3. The maximum Gasteiger partial charge on any atom is 2.00 e. The van der Waals surface area contributed by atoms with Crippen LogP contribution in [0.2, 0.25) is 0 Å². The van der Waals surface area contributed by atoms with Crippen LogP contribution < -0.4 is 10.2 Å². The normalized spacial score (nSPS) is 13.1. The Hall–Kier alpha value is -0.534. The number of aliphatic carboxylic acids is 2. The summed E-state index contributed by atoms with van der Waals surface area (Å²) in [4.78, 5) is 20.4. The van der Waals surface area contributed by atoms with Gasteiger partial charge in [-0.3, -0.25) is 0 Å². The van der Waals surface area contributed by atoms with Gasteiger partial charge >= 0.3 is 23.1 Å². The second kappa shape index (κ2) is 49.5. The van der Waals surface area contributed by atoms with Crippen LogP contribution in [0.3, 0.4) is 0 Å². The SMILES string of the molecule is CCCCCCCCCCCCCCCCCC(=O)[O-].CCCCCCCCCCCCCCCCCC(=O)[O-].OC[C@@H](O)[C@@H](O)[C@H](O)[C@H](O)CO.[Mg+2]. The number of carboxylic acid groups (broad SMARTS) is 2. The van der Waals surface area contributed by atoms with E-state index in [0.717, 1.165) is 25.7 Å². The van der Waals surface area contributed by atoms with Gasteiger partial charge in [-0.25, -0.2) is 0 Å². The van der Waals surface area contributed by atoms with E-state index in [9.17, 15) is 19.8 Å². The Kier molecular flexibility index (Phi) is 55.2. The molecule has 0 unspecified atom stereocenters. The van der Waals surface area contributed by atoms with Crippen molar-refractivity contribution in [3.8, 4) is 0 Å². The number of carbonyl (C=O) groups excluding carboxylic acids is 2. The number of carboxylic acids is 2. The predicted octanol–water partition coefficient (Wildman–Crippen LogP) is 6.03. The average molecular weight is 773 g/mol. The molecule has 0 fully saturated rings. The Balaban J connectivity index is -0.000000348. The van der Waals surface area contributed by atoms with E-state index in [2.05, 4.69) is 13.8 Å². The third-order valence-corrected chi connectivity index (χ3v) is 9.48. The topological polar surface area (TPSA) is 202 Å². The molecule has 0 saturated carbocycles. The molecule has 0 aliphatic carbocycles. The largest absolute Gasteiger partial charge is 2.00 e. The smallest absolute Gasteiger partial charge is 0.550 e. The summed E-state index contributed by atoms with van der Waals surface area (Å²) in [5.74, 6) is -1.81. The summed E-state index contributed by atoms with van der Waals surface area (Å²) in [6, 6.07) is 0. The minimum Gasteiger partial charge on any atom is -0.550 e. The van der Waals surface area contributed by atoms with Gasteiger partial charge in [-0.15, -0.1) is 0 Å². The van der Waals surface area contributed by atoms with Gasteiger partial charge < -0.3 is 50.4 Å². The van der Waals surface area contributed by atoms with Crippen molar-refractivity contribution in [2.24, 2.45) is 0 Å². The number of carbonyl (C=O) groups is 2. The summed E-state index contributed by atoms with van der Waals surface area (Å²) in [5, 5.41) is 72.6. The molecule has 0 radical (unpaired) electrons. The molecule has 0 amide bonds. The minimum atomic E-state index is -1.67. The number of aliphatic hydroxyl groups excluding tert-OH is 6. The van der Waals surface area contributed by atoms with Gasteiger partial charge in [0.15, 0.2) is 0 Å². The monoisotopic (exact) mass is 773 g/mol. The van der Waals surface area contributed by atoms with E-state index in [0.29, 0.717) is 0 Å². The molecular formula is C42H84MgO10. The molecule has 0 saturated heterocycles. The molecule has 0 aromatic heterocycles. The van der Waals surface area contributed by atoms with E-state index in [-0.39, 0.29) is 35.9 Å². The van der Waals surface area contributed by atoms with Crippen molar-refractivity contribution < 1.29 is 50.4 Å². The van der Waals surface area contributed by atoms with Crippen molar-refractivity contribution >= 4 is 35.0 Å². The molecule has 0 aliphatic rings. The quantitative estimate of drug-likeness (QED) is 0.0320. The Morgan fingerprint density at radius 2 is 0.547 bits per heavy atom. The third-order valence-electron chi connectivity index (χ3n) is 9.48. The molecule has 314 valence electrons. The van der Waals surface area contributed by atoms with Crippen LogP contribution in [0.5, 0.6) is 0 Å². The van der Waals surface area contributed by atoms with Crippen molar-refractivity contribution in [3.63, 3.8) is 0 Å². The van der Waals surface area contributed by atoms with Crippen LogP contribution in [-0.4, -0.2) is 103 Å². The number of hydrogen-bond donors (Lipinski definition) is 6. The first-order valence-corrected chi connectivity index (χ1v) is 21.4.